The molecule has 4 rings (SSSR count). The number of hydrogen-bond donors (Lipinski definition) is 1. The maximum atomic E-state index is 13.2. The lowest BCUT2D eigenvalue weighted by atomic mass is 10.1. The van der Waals surface area contributed by atoms with Crippen molar-refractivity contribution in [3.63, 3.8) is 0 Å². The standard InChI is InChI=1S/C23H26N4O3/c1-3-12-26-20-9-5-4-8-18(20)19-14-24-27(23(29)22(19)26)15-21(28)25-16(2)10-11-17-7-6-13-30-17/h4-9,13-14,16H,3,10-12,15H2,1-2H3,(H,25,28)/t16-/m1/s1. The average Bonchev–Trinajstić information content (AvgIpc) is 3.36. The van der Waals surface area contributed by atoms with Gasteiger partial charge in [0, 0.05) is 35.3 Å². The lowest BCUT2D eigenvalue weighted by Gasteiger charge is -2.13. The summed E-state index contributed by atoms with van der Waals surface area (Å²) in [5.74, 6) is 0.664. The van der Waals surface area contributed by atoms with Gasteiger partial charge in [-0.1, -0.05) is 25.1 Å². The molecule has 0 saturated carbocycles. The first-order valence-electron chi connectivity index (χ1n) is 10.4. The SMILES string of the molecule is CCCn1c2ccccc2c2cnn(CC(=O)N[C@H](C)CCc3ccco3)c(=O)c21. The van der Waals surface area contributed by atoms with Crippen LogP contribution >= 0.6 is 0 Å². The van der Waals surface area contributed by atoms with Crippen LogP contribution in [0, 0.1) is 0 Å². The van der Waals surface area contributed by atoms with Gasteiger partial charge >= 0.3 is 0 Å². The van der Waals surface area contributed by atoms with Gasteiger partial charge < -0.3 is 14.3 Å². The van der Waals surface area contributed by atoms with Gasteiger partial charge in [-0.25, -0.2) is 4.68 Å². The minimum Gasteiger partial charge on any atom is -0.469 e. The summed E-state index contributed by atoms with van der Waals surface area (Å²) in [5.41, 5.74) is 1.38. The maximum absolute atomic E-state index is 13.2. The Balaban J connectivity index is 1.55. The third kappa shape index (κ3) is 3.87. The fourth-order valence-corrected chi connectivity index (χ4v) is 3.90. The molecule has 7 nitrogen and oxygen atoms in total. The van der Waals surface area contributed by atoms with Gasteiger partial charge in [0.2, 0.25) is 5.91 Å². The number of benzene rings is 1. The number of nitrogens with zero attached hydrogens (tertiary/aromatic N) is 3. The quantitative estimate of drug-likeness (QED) is 0.486. The van der Waals surface area contributed by atoms with Crippen molar-refractivity contribution in [2.24, 2.45) is 0 Å². The summed E-state index contributed by atoms with van der Waals surface area (Å²) in [4.78, 5) is 25.7. The van der Waals surface area contributed by atoms with Crippen molar-refractivity contribution in [1.82, 2.24) is 19.7 Å². The topological polar surface area (TPSA) is 82.1 Å². The molecule has 1 atom stereocenters. The number of carbonyl (C=O) groups excluding carboxylic acids is 1. The van der Waals surface area contributed by atoms with Gasteiger partial charge in [-0.3, -0.25) is 9.59 Å². The van der Waals surface area contributed by atoms with Crippen molar-refractivity contribution in [2.45, 2.75) is 52.2 Å². The molecular weight excluding hydrogens is 380 g/mol. The molecule has 3 heterocycles. The molecule has 0 aliphatic heterocycles. The predicted molar refractivity (Wildman–Crippen MR) is 116 cm³/mol. The number of furan rings is 1. The molecule has 30 heavy (non-hydrogen) atoms. The Morgan fingerprint density at radius 1 is 1.20 bits per heavy atom. The van der Waals surface area contributed by atoms with Gasteiger partial charge in [0.15, 0.2) is 0 Å². The first-order valence-corrected chi connectivity index (χ1v) is 10.4. The Morgan fingerprint density at radius 3 is 2.80 bits per heavy atom. The highest BCUT2D eigenvalue weighted by atomic mass is 16.3. The van der Waals surface area contributed by atoms with Crippen LogP contribution in [0.4, 0.5) is 0 Å². The van der Waals surface area contributed by atoms with Crippen LogP contribution in [0.25, 0.3) is 21.8 Å². The molecular formula is C23H26N4O3. The Kier molecular flexibility index (Phi) is 5.70. The third-order valence-electron chi connectivity index (χ3n) is 5.33. The van der Waals surface area contributed by atoms with Crippen LogP contribution in [0.15, 0.2) is 58.1 Å². The molecule has 0 bridgehead atoms. The van der Waals surface area contributed by atoms with E-state index in [1.54, 1.807) is 12.5 Å². The molecule has 3 aromatic heterocycles. The van der Waals surface area contributed by atoms with E-state index in [1.807, 2.05) is 47.9 Å². The molecule has 7 heteroatoms. The summed E-state index contributed by atoms with van der Waals surface area (Å²) in [6, 6.07) is 11.7. The van der Waals surface area contributed by atoms with E-state index in [0.29, 0.717) is 5.52 Å². The minimum absolute atomic E-state index is 0.0337. The highest BCUT2D eigenvalue weighted by Crippen LogP contribution is 2.26. The third-order valence-corrected chi connectivity index (χ3v) is 5.33. The molecule has 4 aromatic rings. The second kappa shape index (κ2) is 8.57. The summed E-state index contributed by atoms with van der Waals surface area (Å²) in [6.07, 6.45) is 5.74. The molecule has 0 aliphatic carbocycles. The number of rotatable bonds is 8. The van der Waals surface area contributed by atoms with E-state index in [9.17, 15) is 9.59 Å². The fourth-order valence-electron chi connectivity index (χ4n) is 3.90. The van der Waals surface area contributed by atoms with Gasteiger partial charge in [0.25, 0.3) is 5.56 Å². The number of aryl methyl sites for hydroxylation is 2. The van der Waals surface area contributed by atoms with E-state index in [0.717, 1.165) is 47.9 Å². The molecule has 0 spiro atoms. The van der Waals surface area contributed by atoms with Crippen LogP contribution in [0.1, 0.15) is 32.4 Å². The van der Waals surface area contributed by atoms with Crippen LogP contribution < -0.4 is 10.9 Å². The first-order chi connectivity index (χ1) is 14.6. The van der Waals surface area contributed by atoms with E-state index in [2.05, 4.69) is 17.3 Å². The highest BCUT2D eigenvalue weighted by molar-refractivity contribution is 6.07. The average molecular weight is 406 g/mol. The summed E-state index contributed by atoms with van der Waals surface area (Å²) in [7, 11) is 0. The zero-order valence-corrected chi connectivity index (χ0v) is 17.3. The number of carbonyl (C=O) groups is 1. The van der Waals surface area contributed by atoms with Gasteiger partial charge in [0.1, 0.15) is 17.8 Å². The predicted octanol–water partition coefficient (Wildman–Crippen LogP) is 3.49. The second-order valence-corrected chi connectivity index (χ2v) is 7.63. The molecule has 156 valence electrons. The van der Waals surface area contributed by atoms with Crippen molar-refractivity contribution >= 4 is 27.7 Å². The zero-order valence-electron chi connectivity index (χ0n) is 17.3. The Morgan fingerprint density at radius 2 is 2.03 bits per heavy atom. The van der Waals surface area contributed by atoms with Crippen LogP contribution in [-0.2, 0) is 24.3 Å². The smallest absolute Gasteiger partial charge is 0.291 e. The minimum atomic E-state index is -0.240. The molecule has 1 aromatic carbocycles. The monoisotopic (exact) mass is 406 g/mol. The van der Waals surface area contributed by atoms with E-state index in [4.69, 9.17) is 4.42 Å². The highest BCUT2D eigenvalue weighted by Gasteiger charge is 2.17. The molecule has 0 radical (unpaired) electrons. The van der Waals surface area contributed by atoms with Crippen LogP contribution in [0.2, 0.25) is 0 Å². The lowest BCUT2D eigenvalue weighted by Crippen LogP contribution is -2.38. The molecule has 0 unspecified atom stereocenters. The number of para-hydroxylation sites is 1. The van der Waals surface area contributed by atoms with Crippen molar-refractivity contribution in [1.29, 1.82) is 0 Å². The zero-order chi connectivity index (χ0) is 21.1. The Labute approximate surface area is 174 Å². The van der Waals surface area contributed by atoms with Crippen molar-refractivity contribution in [3.05, 3.63) is 65.0 Å². The molecule has 0 saturated heterocycles. The van der Waals surface area contributed by atoms with Crippen LogP contribution in [0.3, 0.4) is 0 Å². The Bertz CT molecular complexity index is 1220. The van der Waals surface area contributed by atoms with Gasteiger partial charge in [-0.2, -0.15) is 5.10 Å². The summed E-state index contributed by atoms with van der Waals surface area (Å²) in [5, 5.41) is 9.06. The summed E-state index contributed by atoms with van der Waals surface area (Å²) >= 11 is 0. The number of aromatic nitrogens is 3. The van der Waals surface area contributed by atoms with Crippen molar-refractivity contribution < 1.29 is 9.21 Å². The maximum Gasteiger partial charge on any atom is 0.291 e. The molecule has 1 N–H and O–H groups in total. The lowest BCUT2D eigenvalue weighted by molar-refractivity contribution is -0.122. The number of hydrogen-bond acceptors (Lipinski definition) is 4. The van der Waals surface area contributed by atoms with E-state index < -0.39 is 0 Å². The number of amides is 1. The van der Waals surface area contributed by atoms with E-state index >= 15 is 0 Å². The summed E-state index contributed by atoms with van der Waals surface area (Å²) in [6.45, 7) is 4.66. The van der Waals surface area contributed by atoms with E-state index in [-0.39, 0.29) is 24.1 Å². The fraction of sp³-hybridized carbons (Fsp3) is 0.348. The van der Waals surface area contributed by atoms with Gasteiger partial charge in [0.05, 0.1) is 12.5 Å². The summed E-state index contributed by atoms with van der Waals surface area (Å²) < 4.78 is 8.62. The molecule has 0 fully saturated rings. The van der Waals surface area contributed by atoms with Crippen LogP contribution in [0.5, 0.6) is 0 Å². The largest absolute Gasteiger partial charge is 0.469 e. The van der Waals surface area contributed by atoms with Gasteiger partial charge in [-0.05, 0) is 38.0 Å². The Hall–Kier alpha value is -3.35. The number of fused-ring (bicyclic) bond motifs is 3. The van der Waals surface area contributed by atoms with Crippen LogP contribution in [-0.4, -0.2) is 26.3 Å². The molecule has 0 aliphatic rings. The van der Waals surface area contributed by atoms with E-state index in [1.165, 1.54) is 4.68 Å². The second-order valence-electron chi connectivity index (χ2n) is 7.63. The molecule has 1 amide bonds. The first kappa shape index (κ1) is 19.9. The normalized spacial score (nSPS) is 12.5. The van der Waals surface area contributed by atoms with Crippen molar-refractivity contribution in [3.8, 4) is 0 Å². The van der Waals surface area contributed by atoms with Gasteiger partial charge in [-0.15, -0.1) is 0 Å². The number of nitrogens with one attached hydrogen (secondary N) is 1. The van der Waals surface area contributed by atoms with Crippen molar-refractivity contribution in [2.75, 3.05) is 0 Å².